The minimum Gasteiger partial charge on any atom is -0.325 e. The van der Waals surface area contributed by atoms with Gasteiger partial charge < -0.3 is 5.73 Å². The summed E-state index contributed by atoms with van der Waals surface area (Å²) in [6, 6.07) is 8.89. The van der Waals surface area contributed by atoms with Gasteiger partial charge in [-0.05, 0) is 56.1 Å². The van der Waals surface area contributed by atoms with E-state index in [0.717, 1.165) is 12.8 Å². The molecule has 88 valence electrons. The highest BCUT2D eigenvalue weighted by Gasteiger charge is 2.26. The zero-order valence-electron chi connectivity index (χ0n) is 10.5. The highest BCUT2D eigenvalue weighted by Crippen LogP contribution is 2.36. The van der Waals surface area contributed by atoms with Crippen LogP contribution in [0.5, 0.6) is 0 Å². The zero-order chi connectivity index (χ0) is 11.6. The molecule has 0 bridgehead atoms. The summed E-state index contributed by atoms with van der Waals surface area (Å²) in [4.78, 5) is 0. The van der Waals surface area contributed by atoms with Crippen LogP contribution in [-0.4, -0.2) is 5.54 Å². The van der Waals surface area contributed by atoms with Gasteiger partial charge in [0, 0.05) is 5.54 Å². The average Bonchev–Trinajstić information content (AvgIpc) is 2.29. The summed E-state index contributed by atoms with van der Waals surface area (Å²) in [7, 11) is 0. The summed E-state index contributed by atoms with van der Waals surface area (Å²) in [6.07, 6.45) is 6.07. The van der Waals surface area contributed by atoms with Gasteiger partial charge in [-0.2, -0.15) is 0 Å². The van der Waals surface area contributed by atoms with Crippen LogP contribution in [0, 0.1) is 0 Å². The molecule has 1 nitrogen and oxygen atoms in total. The molecule has 1 heteroatoms. The zero-order valence-corrected chi connectivity index (χ0v) is 10.5. The van der Waals surface area contributed by atoms with E-state index >= 15 is 0 Å². The van der Waals surface area contributed by atoms with Crippen molar-refractivity contribution in [1.29, 1.82) is 0 Å². The van der Waals surface area contributed by atoms with Crippen LogP contribution >= 0.6 is 0 Å². The van der Waals surface area contributed by atoms with E-state index in [1.54, 1.807) is 11.1 Å². The van der Waals surface area contributed by atoms with E-state index in [1.807, 2.05) is 0 Å². The Morgan fingerprint density at radius 1 is 1.38 bits per heavy atom. The number of hydrogen-bond acceptors (Lipinski definition) is 1. The second kappa shape index (κ2) is 4.58. The Morgan fingerprint density at radius 3 is 2.88 bits per heavy atom. The smallest absolute Gasteiger partial charge is 0.0129 e. The van der Waals surface area contributed by atoms with Gasteiger partial charge in [0.05, 0.1) is 0 Å². The molecule has 1 aromatic rings. The lowest BCUT2D eigenvalue weighted by molar-refractivity contribution is 0.357. The fourth-order valence-corrected chi connectivity index (χ4v) is 2.77. The van der Waals surface area contributed by atoms with Crippen molar-refractivity contribution in [3.63, 3.8) is 0 Å². The lowest BCUT2D eigenvalue weighted by Crippen LogP contribution is -2.37. The lowest BCUT2D eigenvalue weighted by atomic mass is 9.76. The van der Waals surface area contributed by atoms with Gasteiger partial charge in [-0.15, -0.1) is 0 Å². The molecule has 0 aliphatic heterocycles. The molecule has 0 saturated carbocycles. The van der Waals surface area contributed by atoms with Crippen LogP contribution < -0.4 is 5.73 Å². The predicted molar refractivity (Wildman–Crippen MR) is 69.6 cm³/mol. The van der Waals surface area contributed by atoms with Gasteiger partial charge in [0.2, 0.25) is 0 Å². The Hall–Kier alpha value is -0.820. The Bertz CT molecular complexity index is 354. The molecule has 16 heavy (non-hydrogen) atoms. The molecule has 2 unspecified atom stereocenters. The number of fused-ring (bicyclic) bond motifs is 1. The number of benzene rings is 1. The molecular weight excluding hydrogens is 194 g/mol. The molecule has 1 aromatic carbocycles. The van der Waals surface area contributed by atoms with Gasteiger partial charge >= 0.3 is 0 Å². The summed E-state index contributed by atoms with van der Waals surface area (Å²) in [5, 5.41) is 0. The van der Waals surface area contributed by atoms with E-state index in [2.05, 4.69) is 38.1 Å². The first-order chi connectivity index (χ1) is 7.62. The van der Waals surface area contributed by atoms with E-state index < -0.39 is 0 Å². The molecule has 2 N–H and O–H groups in total. The topological polar surface area (TPSA) is 26.0 Å². The van der Waals surface area contributed by atoms with Gasteiger partial charge in [-0.3, -0.25) is 0 Å². The monoisotopic (exact) mass is 217 g/mol. The van der Waals surface area contributed by atoms with Crippen LogP contribution in [0.25, 0.3) is 0 Å². The summed E-state index contributed by atoms with van der Waals surface area (Å²) >= 11 is 0. The fraction of sp³-hybridized carbons (Fsp3) is 0.600. The van der Waals surface area contributed by atoms with Crippen LogP contribution in [0.15, 0.2) is 24.3 Å². The highest BCUT2D eigenvalue weighted by atomic mass is 14.7. The summed E-state index contributed by atoms with van der Waals surface area (Å²) < 4.78 is 0. The van der Waals surface area contributed by atoms with E-state index in [4.69, 9.17) is 5.73 Å². The maximum Gasteiger partial charge on any atom is 0.0129 e. The number of rotatable bonds is 3. The van der Waals surface area contributed by atoms with E-state index in [9.17, 15) is 0 Å². The minimum atomic E-state index is -0.00484. The SMILES string of the molecule is CCC(C)(N)CC1CCCc2ccccc21. The third-order valence-corrected chi connectivity index (χ3v) is 4.01. The molecule has 0 amide bonds. The van der Waals surface area contributed by atoms with E-state index in [0.29, 0.717) is 5.92 Å². The van der Waals surface area contributed by atoms with Gasteiger partial charge in [-0.25, -0.2) is 0 Å². The summed E-state index contributed by atoms with van der Waals surface area (Å²) in [6.45, 7) is 4.37. The lowest BCUT2D eigenvalue weighted by Gasteiger charge is -2.32. The first-order valence-corrected chi connectivity index (χ1v) is 6.49. The normalized spacial score (nSPS) is 23.6. The standard InChI is InChI=1S/C15H23N/c1-3-15(2,16)11-13-9-6-8-12-7-4-5-10-14(12)13/h4-5,7,10,13H,3,6,8-9,11,16H2,1-2H3. The van der Waals surface area contributed by atoms with Crippen molar-refractivity contribution in [2.24, 2.45) is 5.73 Å². The van der Waals surface area contributed by atoms with Crippen molar-refractivity contribution < 1.29 is 0 Å². The van der Waals surface area contributed by atoms with Crippen molar-refractivity contribution in [3.8, 4) is 0 Å². The number of nitrogens with two attached hydrogens (primary N) is 1. The molecule has 0 aromatic heterocycles. The molecule has 0 radical (unpaired) electrons. The Kier molecular flexibility index (Phi) is 3.34. The van der Waals surface area contributed by atoms with Crippen LogP contribution in [0.2, 0.25) is 0 Å². The van der Waals surface area contributed by atoms with Crippen LogP contribution in [0.1, 0.15) is 56.6 Å². The molecular formula is C15H23N. The molecule has 0 heterocycles. The van der Waals surface area contributed by atoms with Gasteiger partial charge in [0.15, 0.2) is 0 Å². The second-order valence-corrected chi connectivity index (χ2v) is 5.50. The third kappa shape index (κ3) is 2.46. The third-order valence-electron chi connectivity index (χ3n) is 4.01. The van der Waals surface area contributed by atoms with Crippen molar-refractivity contribution in [2.75, 3.05) is 0 Å². The average molecular weight is 217 g/mol. The molecule has 0 fully saturated rings. The van der Waals surface area contributed by atoms with E-state index in [1.165, 1.54) is 19.3 Å². The fourth-order valence-electron chi connectivity index (χ4n) is 2.77. The Labute approximate surface area is 99.0 Å². The predicted octanol–water partition coefficient (Wildman–Crippen LogP) is 3.62. The quantitative estimate of drug-likeness (QED) is 0.822. The van der Waals surface area contributed by atoms with Crippen LogP contribution in [-0.2, 0) is 6.42 Å². The first-order valence-electron chi connectivity index (χ1n) is 6.49. The number of hydrogen-bond donors (Lipinski definition) is 1. The second-order valence-electron chi connectivity index (χ2n) is 5.50. The Balaban J connectivity index is 2.19. The van der Waals surface area contributed by atoms with Crippen molar-refractivity contribution in [3.05, 3.63) is 35.4 Å². The number of aryl methyl sites for hydroxylation is 1. The van der Waals surface area contributed by atoms with Gasteiger partial charge in [0.25, 0.3) is 0 Å². The maximum atomic E-state index is 6.30. The molecule has 2 atom stereocenters. The maximum absolute atomic E-state index is 6.30. The summed E-state index contributed by atoms with van der Waals surface area (Å²) in [5.41, 5.74) is 9.40. The summed E-state index contributed by atoms with van der Waals surface area (Å²) in [5.74, 6) is 0.680. The molecule has 1 aliphatic rings. The highest BCUT2D eigenvalue weighted by molar-refractivity contribution is 5.32. The van der Waals surface area contributed by atoms with Crippen molar-refractivity contribution in [2.45, 2.75) is 57.4 Å². The minimum absolute atomic E-state index is 0.00484. The first kappa shape index (κ1) is 11.7. The molecule has 0 spiro atoms. The van der Waals surface area contributed by atoms with Crippen LogP contribution in [0.4, 0.5) is 0 Å². The van der Waals surface area contributed by atoms with Gasteiger partial charge in [0.1, 0.15) is 0 Å². The molecule has 1 aliphatic carbocycles. The van der Waals surface area contributed by atoms with Crippen molar-refractivity contribution in [1.82, 2.24) is 0 Å². The largest absolute Gasteiger partial charge is 0.325 e. The van der Waals surface area contributed by atoms with E-state index in [-0.39, 0.29) is 5.54 Å². The molecule has 2 rings (SSSR count). The van der Waals surface area contributed by atoms with Gasteiger partial charge in [-0.1, -0.05) is 31.2 Å². The Morgan fingerprint density at radius 2 is 2.12 bits per heavy atom. The molecule has 0 saturated heterocycles. The van der Waals surface area contributed by atoms with Crippen LogP contribution in [0.3, 0.4) is 0 Å². The van der Waals surface area contributed by atoms with Crippen molar-refractivity contribution >= 4 is 0 Å².